The Labute approximate surface area is 164 Å². The first-order chi connectivity index (χ1) is 13.0. The van der Waals surface area contributed by atoms with E-state index in [0.717, 1.165) is 4.47 Å². The van der Waals surface area contributed by atoms with Gasteiger partial charge in [0.1, 0.15) is 0 Å². The van der Waals surface area contributed by atoms with E-state index < -0.39 is 0 Å². The molecule has 1 aromatic carbocycles. The maximum atomic E-state index is 12.5. The first kappa shape index (κ1) is 19.0. The second kappa shape index (κ2) is 8.30. The summed E-state index contributed by atoms with van der Waals surface area (Å²) in [7, 11) is 0. The number of benzene rings is 1. The Morgan fingerprint density at radius 1 is 1.07 bits per heavy atom. The van der Waals surface area contributed by atoms with Crippen molar-refractivity contribution in [2.24, 2.45) is 0 Å². The Morgan fingerprint density at radius 3 is 2.44 bits per heavy atom. The number of nitrogens with one attached hydrogen (secondary N) is 2. The van der Waals surface area contributed by atoms with Gasteiger partial charge < -0.3 is 15.2 Å². The van der Waals surface area contributed by atoms with Crippen molar-refractivity contribution >= 4 is 38.8 Å². The predicted molar refractivity (Wildman–Crippen MR) is 105 cm³/mol. The van der Waals surface area contributed by atoms with Gasteiger partial charge in [-0.15, -0.1) is 0 Å². The zero-order chi connectivity index (χ0) is 19.4. The van der Waals surface area contributed by atoms with Crippen LogP contribution in [0.4, 0.5) is 0 Å². The molecular formula is C19H19BrN4O3. The number of hydrogen-bond acceptors (Lipinski definition) is 5. The molecule has 0 saturated heterocycles. The number of pyridine rings is 1. The molecule has 0 saturated carbocycles. The molecule has 0 spiro atoms. The van der Waals surface area contributed by atoms with Crippen LogP contribution in [0.15, 0.2) is 39.3 Å². The second-order valence-electron chi connectivity index (χ2n) is 6.13. The Kier molecular flexibility index (Phi) is 5.85. The molecule has 140 valence electrons. The molecule has 0 unspecified atom stereocenters. The van der Waals surface area contributed by atoms with E-state index in [1.165, 1.54) is 0 Å². The fourth-order valence-electron chi connectivity index (χ4n) is 2.69. The van der Waals surface area contributed by atoms with Crippen molar-refractivity contribution < 1.29 is 14.1 Å². The molecule has 0 aliphatic rings. The molecule has 0 aliphatic carbocycles. The van der Waals surface area contributed by atoms with Crippen LogP contribution in [0, 0.1) is 13.8 Å². The van der Waals surface area contributed by atoms with Gasteiger partial charge in [-0.1, -0.05) is 21.1 Å². The molecule has 3 rings (SSSR count). The summed E-state index contributed by atoms with van der Waals surface area (Å²) in [6.07, 6.45) is 0.615. The summed E-state index contributed by atoms with van der Waals surface area (Å²) < 4.78 is 6.07. The standard InChI is InChI=1S/C19H19BrN4O3/c1-11-10-15(16-12(2)24-27-19(16)23-11)18(26)22-9-3-8-21-17(25)13-4-6-14(20)7-5-13/h4-7,10H,3,8-9H2,1-2H3,(H,21,25)(H,22,26). The lowest BCUT2D eigenvalue weighted by Gasteiger charge is -2.08. The van der Waals surface area contributed by atoms with Gasteiger partial charge >= 0.3 is 0 Å². The van der Waals surface area contributed by atoms with Crippen LogP contribution in [0.25, 0.3) is 11.1 Å². The normalized spacial score (nSPS) is 10.8. The van der Waals surface area contributed by atoms with E-state index in [-0.39, 0.29) is 11.8 Å². The molecule has 27 heavy (non-hydrogen) atoms. The quantitative estimate of drug-likeness (QED) is 0.585. The summed E-state index contributed by atoms with van der Waals surface area (Å²) in [5, 5.41) is 10.2. The molecule has 2 amide bonds. The number of aromatic nitrogens is 2. The molecule has 0 atom stereocenters. The van der Waals surface area contributed by atoms with Crippen LogP contribution in [0.1, 0.15) is 38.5 Å². The predicted octanol–water partition coefficient (Wildman–Crippen LogP) is 3.15. The fraction of sp³-hybridized carbons (Fsp3) is 0.263. The molecule has 0 aliphatic heterocycles. The van der Waals surface area contributed by atoms with E-state index in [0.29, 0.717) is 53.1 Å². The van der Waals surface area contributed by atoms with Crippen LogP contribution in [-0.2, 0) is 0 Å². The lowest BCUT2D eigenvalue weighted by molar-refractivity contribution is 0.0952. The van der Waals surface area contributed by atoms with Crippen molar-refractivity contribution in [3.05, 3.63) is 57.3 Å². The van der Waals surface area contributed by atoms with Crippen molar-refractivity contribution in [2.45, 2.75) is 20.3 Å². The summed E-state index contributed by atoms with van der Waals surface area (Å²) in [4.78, 5) is 28.8. The molecule has 8 heteroatoms. The van der Waals surface area contributed by atoms with E-state index >= 15 is 0 Å². The van der Waals surface area contributed by atoms with Gasteiger partial charge in [0.15, 0.2) is 0 Å². The molecule has 7 nitrogen and oxygen atoms in total. The number of halogens is 1. The summed E-state index contributed by atoms with van der Waals surface area (Å²) in [5.74, 6) is -0.351. The summed E-state index contributed by atoms with van der Waals surface area (Å²) >= 11 is 3.34. The van der Waals surface area contributed by atoms with E-state index in [4.69, 9.17) is 4.52 Å². The van der Waals surface area contributed by atoms with Gasteiger partial charge in [-0.2, -0.15) is 0 Å². The maximum absolute atomic E-state index is 12.5. The number of rotatable bonds is 6. The Balaban J connectivity index is 1.51. The lowest BCUT2D eigenvalue weighted by atomic mass is 10.1. The fourth-order valence-corrected chi connectivity index (χ4v) is 2.95. The van der Waals surface area contributed by atoms with Crippen LogP contribution in [-0.4, -0.2) is 35.0 Å². The van der Waals surface area contributed by atoms with Gasteiger partial charge in [0.2, 0.25) is 0 Å². The third-order valence-corrected chi connectivity index (χ3v) is 4.55. The molecule has 2 N–H and O–H groups in total. The maximum Gasteiger partial charge on any atom is 0.258 e. The van der Waals surface area contributed by atoms with Crippen LogP contribution in [0.3, 0.4) is 0 Å². The summed E-state index contributed by atoms with van der Waals surface area (Å²) in [6.45, 7) is 4.47. The first-order valence-electron chi connectivity index (χ1n) is 8.51. The van der Waals surface area contributed by atoms with E-state index in [1.54, 1.807) is 32.0 Å². The topological polar surface area (TPSA) is 97.1 Å². The smallest absolute Gasteiger partial charge is 0.258 e. The third-order valence-electron chi connectivity index (χ3n) is 4.02. The van der Waals surface area contributed by atoms with E-state index in [9.17, 15) is 9.59 Å². The number of fused-ring (bicyclic) bond motifs is 1. The summed E-state index contributed by atoms with van der Waals surface area (Å²) in [5.41, 5.74) is 2.77. The number of nitrogens with zero attached hydrogens (tertiary/aromatic N) is 2. The minimum atomic E-state index is -0.212. The summed E-state index contributed by atoms with van der Waals surface area (Å²) in [6, 6.07) is 8.86. The molecule has 2 heterocycles. The van der Waals surface area contributed by atoms with Crippen molar-refractivity contribution in [2.75, 3.05) is 13.1 Å². The van der Waals surface area contributed by atoms with Crippen LogP contribution in [0.2, 0.25) is 0 Å². The van der Waals surface area contributed by atoms with Crippen molar-refractivity contribution in [1.29, 1.82) is 0 Å². The molecular weight excluding hydrogens is 412 g/mol. The van der Waals surface area contributed by atoms with E-state index in [1.807, 2.05) is 12.1 Å². The highest BCUT2D eigenvalue weighted by Gasteiger charge is 2.17. The highest BCUT2D eigenvalue weighted by atomic mass is 79.9. The third kappa shape index (κ3) is 4.51. The Hall–Kier alpha value is -2.74. The van der Waals surface area contributed by atoms with Gasteiger partial charge in [0, 0.05) is 28.8 Å². The largest absolute Gasteiger partial charge is 0.352 e. The van der Waals surface area contributed by atoms with E-state index in [2.05, 4.69) is 36.7 Å². The number of aryl methyl sites for hydroxylation is 2. The Morgan fingerprint density at radius 2 is 1.74 bits per heavy atom. The molecule has 0 bridgehead atoms. The van der Waals surface area contributed by atoms with Crippen LogP contribution in [0.5, 0.6) is 0 Å². The zero-order valence-corrected chi connectivity index (χ0v) is 16.6. The number of hydrogen-bond donors (Lipinski definition) is 2. The van der Waals surface area contributed by atoms with Gasteiger partial charge in [0.25, 0.3) is 17.5 Å². The second-order valence-corrected chi connectivity index (χ2v) is 7.05. The molecule has 0 radical (unpaired) electrons. The van der Waals surface area contributed by atoms with Gasteiger partial charge in [0.05, 0.1) is 16.6 Å². The van der Waals surface area contributed by atoms with Crippen molar-refractivity contribution in [3.63, 3.8) is 0 Å². The zero-order valence-electron chi connectivity index (χ0n) is 15.0. The average Bonchev–Trinajstić information content (AvgIpc) is 3.01. The Bertz CT molecular complexity index is 983. The highest BCUT2D eigenvalue weighted by Crippen LogP contribution is 2.21. The monoisotopic (exact) mass is 430 g/mol. The minimum absolute atomic E-state index is 0.139. The van der Waals surface area contributed by atoms with Gasteiger partial charge in [-0.05, 0) is 50.6 Å². The van der Waals surface area contributed by atoms with Gasteiger partial charge in [-0.25, -0.2) is 4.98 Å². The molecule has 0 fully saturated rings. The highest BCUT2D eigenvalue weighted by molar-refractivity contribution is 9.10. The SMILES string of the molecule is Cc1cc(C(=O)NCCCNC(=O)c2ccc(Br)cc2)c2c(C)noc2n1. The average molecular weight is 431 g/mol. The molecule has 3 aromatic rings. The van der Waals surface area contributed by atoms with Crippen molar-refractivity contribution in [1.82, 2.24) is 20.8 Å². The number of carbonyl (C=O) groups is 2. The first-order valence-corrected chi connectivity index (χ1v) is 9.30. The lowest BCUT2D eigenvalue weighted by Crippen LogP contribution is -2.30. The number of amides is 2. The van der Waals surface area contributed by atoms with Gasteiger partial charge in [-0.3, -0.25) is 9.59 Å². The minimum Gasteiger partial charge on any atom is -0.352 e. The van der Waals surface area contributed by atoms with Crippen LogP contribution >= 0.6 is 15.9 Å². The van der Waals surface area contributed by atoms with Crippen molar-refractivity contribution in [3.8, 4) is 0 Å². The number of carbonyl (C=O) groups excluding carboxylic acids is 2. The molecule has 2 aromatic heterocycles. The van der Waals surface area contributed by atoms with Crippen LogP contribution < -0.4 is 10.6 Å².